The van der Waals surface area contributed by atoms with Crippen LogP contribution in [0.3, 0.4) is 0 Å². The summed E-state index contributed by atoms with van der Waals surface area (Å²) in [4.78, 5) is 0. The fourth-order valence-corrected chi connectivity index (χ4v) is 4.84. The molecule has 0 N–H and O–H groups in total. The van der Waals surface area contributed by atoms with Crippen LogP contribution in [0.4, 0.5) is 0 Å². The number of hydrogen-bond donors (Lipinski definition) is 0. The molecule has 0 aliphatic carbocycles. The van der Waals surface area contributed by atoms with E-state index in [0.717, 1.165) is 24.4 Å². The normalized spacial score (nSPS) is 11.8. The number of rotatable bonds is 10. The first-order valence-corrected chi connectivity index (χ1v) is 10.2. The molecular formula is C15H25IO3Si. The van der Waals surface area contributed by atoms with Crippen LogP contribution in [-0.4, -0.2) is 28.6 Å². The molecule has 0 amide bonds. The molecule has 0 unspecified atom stereocenters. The maximum atomic E-state index is 6.10. The van der Waals surface area contributed by atoms with Crippen molar-refractivity contribution in [2.45, 2.75) is 40.0 Å². The van der Waals surface area contributed by atoms with Gasteiger partial charge in [0.05, 0.1) is 0 Å². The molecule has 0 fully saturated rings. The summed E-state index contributed by atoms with van der Waals surface area (Å²) in [6, 6.07) is 8.32. The summed E-state index contributed by atoms with van der Waals surface area (Å²) >= 11 is 2.30. The highest BCUT2D eigenvalue weighted by Crippen LogP contribution is 2.14. The van der Waals surface area contributed by atoms with Gasteiger partial charge in [0.15, 0.2) is 0 Å². The number of benzene rings is 1. The molecule has 0 aliphatic rings. The Morgan fingerprint density at radius 2 is 1.20 bits per heavy atom. The summed E-state index contributed by atoms with van der Waals surface area (Å²) in [6.45, 7) is 8.33. The van der Waals surface area contributed by atoms with Gasteiger partial charge in [0.1, 0.15) is 0 Å². The predicted octanol–water partition coefficient (Wildman–Crippen LogP) is 3.72. The fourth-order valence-electron chi connectivity index (χ4n) is 1.74. The van der Waals surface area contributed by atoms with Crippen molar-refractivity contribution in [3.63, 3.8) is 0 Å². The minimum atomic E-state index is -2.76. The van der Waals surface area contributed by atoms with Gasteiger partial charge in [0, 0.05) is 28.6 Å². The van der Waals surface area contributed by atoms with E-state index < -0.39 is 8.80 Å². The Kier molecular flexibility index (Phi) is 8.95. The smallest absolute Gasteiger partial charge is 0.370 e. The van der Waals surface area contributed by atoms with Gasteiger partial charge >= 0.3 is 8.80 Å². The molecule has 0 atom stereocenters. The first-order valence-electron chi connectivity index (χ1n) is 7.36. The van der Waals surface area contributed by atoms with E-state index in [2.05, 4.69) is 67.6 Å². The lowest BCUT2D eigenvalue weighted by Gasteiger charge is -2.29. The largest absolute Gasteiger partial charge is 0.537 e. The van der Waals surface area contributed by atoms with Crippen molar-refractivity contribution in [1.29, 1.82) is 0 Å². The van der Waals surface area contributed by atoms with Crippen molar-refractivity contribution in [1.82, 2.24) is 0 Å². The molecule has 0 radical (unpaired) electrons. The zero-order valence-electron chi connectivity index (χ0n) is 12.7. The van der Waals surface area contributed by atoms with Crippen molar-refractivity contribution in [3.05, 3.63) is 27.8 Å². The zero-order chi connectivity index (χ0) is 14.8. The van der Waals surface area contributed by atoms with E-state index >= 15 is 0 Å². The minimum Gasteiger partial charge on any atom is -0.370 e. The van der Waals surface area contributed by atoms with E-state index in [-0.39, 0.29) is 0 Å². The Balaban J connectivity index is 3.00. The zero-order valence-corrected chi connectivity index (χ0v) is 15.8. The van der Waals surface area contributed by atoms with Crippen molar-refractivity contribution < 1.29 is 13.3 Å². The molecule has 20 heavy (non-hydrogen) atoms. The molecule has 0 spiro atoms. The van der Waals surface area contributed by atoms with Crippen LogP contribution in [0.5, 0.6) is 0 Å². The standard InChI is InChI=1S/C15H25IO3Si/c1-4-11-17-20(18-12-5-2,19-13-6-3)15-9-7-14(16)8-10-15/h7-10H,4-6,11-13H2,1-3H3. The molecule has 114 valence electrons. The maximum Gasteiger partial charge on any atom is 0.537 e. The average molecular weight is 408 g/mol. The Morgan fingerprint density at radius 3 is 1.55 bits per heavy atom. The summed E-state index contributed by atoms with van der Waals surface area (Å²) < 4.78 is 19.5. The lowest BCUT2D eigenvalue weighted by molar-refractivity contribution is 0.0732. The van der Waals surface area contributed by atoms with Crippen molar-refractivity contribution in [2.24, 2.45) is 0 Å². The number of hydrogen-bond acceptors (Lipinski definition) is 3. The third-order valence-electron chi connectivity index (χ3n) is 2.69. The average Bonchev–Trinajstić information content (AvgIpc) is 2.48. The Labute approximate surface area is 137 Å². The summed E-state index contributed by atoms with van der Waals surface area (Å²) in [5, 5.41) is 1.06. The molecule has 5 heteroatoms. The molecule has 0 aliphatic heterocycles. The highest BCUT2D eigenvalue weighted by molar-refractivity contribution is 14.1. The van der Waals surface area contributed by atoms with Gasteiger partial charge in [-0.3, -0.25) is 0 Å². The third-order valence-corrected chi connectivity index (χ3v) is 6.20. The second-order valence-electron chi connectivity index (χ2n) is 4.61. The van der Waals surface area contributed by atoms with Crippen LogP contribution >= 0.6 is 22.6 Å². The van der Waals surface area contributed by atoms with Gasteiger partial charge in [-0.25, -0.2) is 0 Å². The second kappa shape index (κ2) is 9.89. The van der Waals surface area contributed by atoms with Gasteiger partial charge in [-0.1, -0.05) is 32.9 Å². The molecule has 1 rings (SSSR count). The monoisotopic (exact) mass is 408 g/mol. The molecule has 1 aromatic rings. The van der Waals surface area contributed by atoms with Gasteiger partial charge in [-0.2, -0.15) is 0 Å². The molecule has 0 bridgehead atoms. The van der Waals surface area contributed by atoms with Crippen molar-refractivity contribution in [2.75, 3.05) is 19.8 Å². The maximum absolute atomic E-state index is 6.10. The topological polar surface area (TPSA) is 27.7 Å². The van der Waals surface area contributed by atoms with Gasteiger partial charge in [-0.15, -0.1) is 0 Å². The Morgan fingerprint density at radius 1 is 0.800 bits per heavy atom. The summed E-state index contributed by atoms with van der Waals surface area (Å²) in [6.07, 6.45) is 2.89. The fraction of sp³-hybridized carbons (Fsp3) is 0.600. The van der Waals surface area contributed by atoms with Crippen LogP contribution in [0.1, 0.15) is 40.0 Å². The first-order chi connectivity index (χ1) is 9.68. The molecule has 0 saturated carbocycles. The van der Waals surface area contributed by atoms with Crippen LogP contribution in [0.15, 0.2) is 24.3 Å². The summed E-state index contributed by atoms with van der Waals surface area (Å²) in [7, 11) is -2.76. The Hall–Kier alpha value is 0.0469. The lowest BCUT2D eigenvalue weighted by atomic mass is 10.4. The molecule has 0 aromatic heterocycles. The van der Waals surface area contributed by atoms with Crippen LogP contribution in [0.2, 0.25) is 0 Å². The van der Waals surface area contributed by atoms with E-state index in [1.807, 2.05) is 0 Å². The molecule has 0 heterocycles. The second-order valence-corrected chi connectivity index (χ2v) is 8.41. The van der Waals surface area contributed by atoms with Gasteiger partial charge < -0.3 is 13.3 Å². The van der Waals surface area contributed by atoms with E-state index in [4.69, 9.17) is 13.3 Å². The van der Waals surface area contributed by atoms with E-state index in [1.54, 1.807) is 0 Å². The van der Waals surface area contributed by atoms with Crippen LogP contribution in [-0.2, 0) is 13.3 Å². The van der Waals surface area contributed by atoms with Crippen molar-refractivity contribution in [3.8, 4) is 0 Å². The SMILES string of the molecule is CCCO[Si](OCCC)(OCCC)c1ccc(I)cc1. The van der Waals surface area contributed by atoms with E-state index in [9.17, 15) is 0 Å². The molecule has 3 nitrogen and oxygen atoms in total. The van der Waals surface area contributed by atoms with Crippen LogP contribution in [0.25, 0.3) is 0 Å². The van der Waals surface area contributed by atoms with E-state index in [1.165, 1.54) is 3.57 Å². The number of halogens is 1. The Bertz CT molecular complexity index is 348. The minimum absolute atomic E-state index is 0.672. The van der Waals surface area contributed by atoms with E-state index in [0.29, 0.717) is 19.8 Å². The molecule has 1 aromatic carbocycles. The lowest BCUT2D eigenvalue weighted by Crippen LogP contribution is -2.57. The van der Waals surface area contributed by atoms with Gasteiger partial charge in [-0.05, 0) is 54.0 Å². The highest BCUT2D eigenvalue weighted by atomic mass is 127. The molecular weight excluding hydrogens is 383 g/mol. The van der Waals surface area contributed by atoms with Gasteiger partial charge in [0.25, 0.3) is 0 Å². The quantitative estimate of drug-likeness (QED) is 0.436. The summed E-state index contributed by atoms with van der Waals surface area (Å²) in [5.74, 6) is 0. The summed E-state index contributed by atoms with van der Waals surface area (Å²) in [5.41, 5.74) is 0. The van der Waals surface area contributed by atoms with Crippen molar-refractivity contribution >= 4 is 36.6 Å². The first kappa shape index (κ1) is 18.1. The highest BCUT2D eigenvalue weighted by Gasteiger charge is 2.43. The van der Waals surface area contributed by atoms with Gasteiger partial charge in [0.2, 0.25) is 0 Å². The molecule has 0 saturated heterocycles. The predicted molar refractivity (Wildman–Crippen MR) is 93.3 cm³/mol. The van der Waals surface area contributed by atoms with Crippen LogP contribution < -0.4 is 5.19 Å². The third kappa shape index (κ3) is 5.44. The van der Waals surface area contributed by atoms with Crippen LogP contribution in [0, 0.1) is 3.57 Å².